The van der Waals surface area contributed by atoms with E-state index in [1.165, 1.54) is 0 Å². The Bertz CT molecular complexity index is 468. The van der Waals surface area contributed by atoms with Gasteiger partial charge >= 0.3 is 11.9 Å². The lowest BCUT2D eigenvalue weighted by atomic mass is 9.95. The number of carbonyl (C=O) groups is 2. The number of hydrogen-bond donors (Lipinski definition) is 1. The molecular formula is C16H22O6. The van der Waals surface area contributed by atoms with Gasteiger partial charge in [-0.15, -0.1) is 0 Å². The highest BCUT2D eigenvalue weighted by molar-refractivity contribution is 6.08. The van der Waals surface area contributed by atoms with Gasteiger partial charge in [-0.05, 0) is 20.8 Å². The summed E-state index contributed by atoms with van der Waals surface area (Å²) in [5, 5.41) is 9.56. The third kappa shape index (κ3) is 4.13. The molecule has 1 unspecified atom stereocenters. The molecule has 22 heavy (non-hydrogen) atoms. The van der Waals surface area contributed by atoms with Crippen LogP contribution in [0.15, 0.2) is 30.3 Å². The molecule has 0 spiro atoms. The van der Waals surface area contributed by atoms with Gasteiger partial charge in [0.1, 0.15) is 0 Å². The third-order valence-corrected chi connectivity index (χ3v) is 2.96. The van der Waals surface area contributed by atoms with Crippen molar-refractivity contribution in [3.8, 4) is 0 Å². The molecule has 1 aromatic carbocycles. The Morgan fingerprint density at radius 1 is 1.00 bits per heavy atom. The largest absolute Gasteiger partial charge is 0.480 e. The summed E-state index contributed by atoms with van der Waals surface area (Å²) in [5.74, 6) is -5.53. The van der Waals surface area contributed by atoms with Gasteiger partial charge in [-0.3, -0.25) is 9.59 Å². The number of rotatable bonds is 10. The molecule has 6 heteroatoms. The lowest BCUT2D eigenvalue weighted by Gasteiger charge is -2.35. The van der Waals surface area contributed by atoms with E-state index in [1.54, 1.807) is 51.1 Å². The number of carboxylic acid groups (broad SMARTS) is 1. The molecule has 0 aliphatic carbocycles. The van der Waals surface area contributed by atoms with E-state index in [0.29, 0.717) is 0 Å². The van der Waals surface area contributed by atoms with Gasteiger partial charge < -0.3 is 19.3 Å². The van der Waals surface area contributed by atoms with Crippen molar-refractivity contribution < 1.29 is 28.9 Å². The predicted molar refractivity (Wildman–Crippen MR) is 79.5 cm³/mol. The van der Waals surface area contributed by atoms with Crippen LogP contribution in [0.1, 0.15) is 31.1 Å². The molecule has 1 rings (SSSR count). The van der Waals surface area contributed by atoms with Crippen LogP contribution in [0.2, 0.25) is 0 Å². The van der Waals surface area contributed by atoms with Gasteiger partial charge in [-0.25, -0.2) is 0 Å². The molecule has 1 atom stereocenters. The number of Topliss-reactive ketones (excluding diaryl/α,β-unsaturated/α-hetero) is 1. The van der Waals surface area contributed by atoms with Crippen LogP contribution in [0.5, 0.6) is 0 Å². The minimum atomic E-state index is -1.93. The molecule has 0 fully saturated rings. The maximum absolute atomic E-state index is 12.6. The van der Waals surface area contributed by atoms with Gasteiger partial charge in [-0.2, -0.15) is 0 Å². The molecule has 122 valence electrons. The van der Waals surface area contributed by atoms with Crippen LogP contribution >= 0.6 is 0 Å². The van der Waals surface area contributed by atoms with Crippen LogP contribution in [0, 0.1) is 5.92 Å². The highest BCUT2D eigenvalue weighted by Crippen LogP contribution is 2.29. The Hall–Kier alpha value is -1.76. The fourth-order valence-electron chi connectivity index (χ4n) is 2.17. The van der Waals surface area contributed by atoms with Crippen molar-refractivity contribution in [2.45, 2.75) is 26.7 Å². The first-order valence-corrected chi connectivity index (χ1v) is 7.26. The maximum Gasteiger partial charge on any atom is 0.322 e. The molecule has 1 aromatic rings. The third-order valence-electron chi connectivity index (χ3n) is 2.96. The van der Waals surface area contributed by atoms with E-state index in [1.807, 2.05) is 0 Å². The first-order chi connectivity index (χ1) is 10.5. The van der Waals surface area contributed by atoms with Gasteiger partial charge in [0.25, 0.3) is 0 Å². The molecule has 1 N–H and O–H groups in total. The molecule has 0 heterocycles. The molecule has 0 saturated carbocycles. The highest BCUT2D eigenvalue weighted by Gasteiger charge is 2.51. The second-order valence-electron chi connectivity index (χ2n) is 4.40. The van der Waals surface area contributed by atoms with E-state index in [-0.39, 0.29) is 25.4 Å². The quantitative estimate of drug-likeness (QED) is 0.406. The predicted octanol–water partition coefficient (Wildman–Crippen LogP) is 2.33. The van der Waals surface area contributed by atoms with Gasteiger partial charge in [0.05, 0.1) is 0 Å². The van der Waals surface area contributed by atoms with Crippen LogP contribution in [-0.4, -0.2) is 42.7 Å². The van der Waals surface area contributed by atoms with Gasteiger partial charge in [0.2, 0.25) is 5.92 Å². The summed E-state index contributed by atoms with van der Waals surface area (Å²) >= 11 is 0. The number of ether oxygens (including phenoxy) is 3. The Kier molecular flexibility index (Phi) is 7.17. The van der Waals surface area contributed by atoms with E-state index in [9.17, 15) is 14.7 Å². The zero-order chi connectivity index (χ0) is 16.6. The van der Waals surface area contributed by atoms with Crippen molar-refractivity contribution in [2.75, 3.05) is 19.8 Å². The van der Waals surface area contributed by atoms with Gasteiger partial charge in [0, 0.05) is 25.4 Å². The van der Waals surface area contributed by atoms with Crippen molar-refractivity contribution in [1.29, 1.82) is 0 Å². The van der Waals surface area contributed by atoms with Crippen molar-refractivity contribution in [2.24, 2.45) is 5.92 Å². The van der Waals surface area contributed by atoms with Crippen molar-refractivity contribution in [1.82, 2.24) is 0 Å². The van der Waals surface area contributed by atoms with Crippen molar-refractivity contribution in [3.05, 3.63) is 35.9 Å². The molecule has 6 nitrogen and oxygen atoms in total. The second-order valence-corrected chi connectivity index (χ2v) is 4.40. The lowest BCUT2D eigenvalue weighted by molar-refractivity contribution is -0.388. The normalized spacial score (nSPS) is 12.9. The van der Waals surface area contributed by atoms with E-state index >= 15 is 0 Å². The molecule has 0 saturated heterocycles. The van der Waals surface area contributed by atoms with E-state index in [0.717, 1.165) is 0 Å². The maximum atomic E-state index is 12.6. The zero-order valence-electron chi connectivity index (χ0n) is 13.1. The number of ketones is 1. The number of aliphatic carboxylic acids is 1. The van der Waals surface area contributed by atoms with Gasteiger partial charge in [-0.1, -0.05) is 30.3 Å². The van der Waals surface area contributed by atoms with Crippen LogP contribution in [0.3, 0.4) is 0 Å². The lowest BCUT2D eigenvalue weighted by Crippen LogP contribution is -2.53. The smallest absolute Gasteiger partial charge is 0.322 e. The Labute approximate surface area is 130 Å². The number of carbonyl (C=O) groups excluding carboxylic acids is 1. The van der Waals surface area contributed by atoms with Crippen molar-refractivity contribution >= 4 is 11.8 Å². The molecule has 0 aliphatic rings. The second kappa shape index (κ2) is 8.63. The molecule has 0 bridgehead atoms. The standard InChI is InChI=1S/C16H22O6/c1-4-20-16(21-5-2,22-6-3)13(15(18)19)14(17)12-10-8-7-9-11-12/h7-11,13H,4-6H2,1-3H3,(H,18,19). The average molecular weight is 310 g/mol. The van der Waals surface area contributed by atoms with E-state index < -0.39 is 23.6 Å². The van der Waals surface area contributed by atoms with Crippen LogP contribution in [0.25, 0.3) is 0 Å². The van der Waals surface area contributed by atoms with Crippen LogP contribution < -0.4 is 0 Å². The summed E-state index contributed by atoms with van der Waals surface area (Å²) in [6.45, 7) is 5.47. The minimum absolute atomic E-state index is 0.145. The average Bonchev–Trinajstić information content (AvgIpc) is 2.48. The first kappa shape index (κ1) is 18.3. The number of carboxylic acids is 1. The summed E-state index contributed by atoms with van der Waals surface area (Å²) in [7, 11) is 0. The molecule has 0 aromatic heterocycles. The fraction of sp³-hybridized carbons (Fsp3) is 0.500. The summed E-state index contributed by atoms with van der Waals surface area (Å²) in [6, 6.07) is 8.17. The van der Waals surface area contributed by atoms with Gasteiger partial charge in [0.15, 0.2) is 5.78 Å². The molecule has 0 aliphatic heterocycles. The minimum Gasteiger partial charge on any atom is -0.480 e. The number of hydrogen-bond acceptors (Lipinski definition) is 5. The van der Waals surface area contributed by atoms with E-state index in [2.05, 4.69) is 0 Å². The van der Waals surface area contributed by atoms with E-state index in [4.69, 9.17) is 14.2 Å². The molecule has 0 radical (unpaired) electrons. The summed E-state index contributed by atoms with van der Waals surface area (Å²) in [6.07, 6.45) is 0. The highest BCUT2D eigenvalue weighted by atomic mass is 16.9. The molecular weight excluding hydrogens is 288 g/mol. The van der Waals surface area contributed by atoms with Crippen molar-refractivity contribution in [3.63, 3.8) is 0 Å². The Morgan fingerprint density at radius 2 is 1.45 bits per heavy atom. The Balaban J connectivity index is 3.28. The SMILES string of the molecule is CCOC(OCC)(OCC)C(C(=O)O)C(=O)c1ccccc1. The fourth-order valence-corrected chi connectivity index (χ4v) is 2.17. The monoisotopic (exact) mass is 310 g/mol. The summed E-state index contributed by atoms with van der Waals surface area (Å²) in [5.41, 5.74) is 0.262. The Morgan fingerprint density at radius 3 is 1.82 bits per heavy atom. The van der Waals surface area contributed by atoms with Crippen LogP contribution in [-0.2, 0) is 19.0 Å². The summed E-state index contributed by atoms with van der Waals surface area (Å²) < 4.78 is 16.3. The van der Waals surface area contributed by atoms with Crippen LogP contribution in [0.4, 0.5) is 0 Å². The topological polar surface area (TPSA) is 82.1 Å². The number of benzene rings is 1. The summed E-state index contributed by atoms with van der Waals surface area (Å²) in [4.78, 5) is 24.4. The zero-order valence-corrected chi connectivity index (χ0v) is 13.1. The first-order valence-electron chi connectivity index (χ1n) is 7.26. The molecule has 0 amide bonds.